The summed E-state index contributed by atoms with van der Waals surface area (Å²) in [4.78, 5) is 13.2. The second-order valence-corrected chi connectivity index (χ2v) is 7.23. The van der Waals surface area contributed by atoms with Gasteiger partial charge in [-0.3, -0.25) is 4.79 Å². The Balaban J connectivity index is 1.71. The van der Waals surface area contributed by atoms with Gasteiger partial charge in [0.05, 0.1) is 12.4 Å². The fourth-order valence-electron chi connectivity index (χ4n) is 2.43. The predicted molar refractivity (Wildman–Crippen MR) is 101 cm³/mol. The Morgan fingerprint density at radius 3 is 2.62 bits per heavy atom. The number of benzene rings is 2. The van der Waals surface area contributed by atoms with Gasteiger partial charge < -0.3 is 10.1 Å². The molecule has 4 heteroatoms. The standard InChI is InChI=1S/C20H25NO2S/c1-15-6-4-7-17(14-15)8-5-13-21-20(22)16(2)24-19-11-9-18(23-3)10-12-19/h4,6-7,9-12,14,16H,5,8,13H2,1-3H3,(H,21,22)/t16-/m1/s1. The molecule has 0 aliphatic carbocycles. The maximum atomic E-state index is 12.2. The van der Waals surface area contributed by atoms with E-state index in [1.54, 1.807) is 18.9 Å². The molecule has 1 N–H and O–H groups in total. The van der Waals surface area contributed by atoms with Crippen LogP contribution in [0.4, 0.5) is 0 Å². The summed E-state index contributed by atoms with van der Waals surface area (Å²) in [7, 11) is 1.65. The van der Waals surface area contributed by atoms with E-state index >= 15 is 0 Å². The van der Waals surface area contributed by atoms with Gasteiger partial charge in [0, 0.05) is 11.4 Å². The van der Waals surface area contributed by atoms with Gasteiger partial charge in [0.15, 0.2) is 0 Å². The quantitative estimate of drug-likeness (QED) is 0.576. The predicted octanol–water partition coefficient (Wildman–Crippen LogP) is 4.23. The average molecular weight is 343 g/mol. The van der Waals surface area contributed by atoms with Crippen molar-refractivity contribution in [2.24, 2.45) is 0 Å². The van der Waals surface area contributed by atoms with Crippen LogP contribution in [0.25, 0.3) is 0 Å². The summed E-state index contributed by atoms with van der Waals surface area (Å²) in [5.74, 6) is 0.910. The summed E-state index contributed by atoms with van der Waals surface area (Å²) in [6.07, 6.45) is 1.94. The number of hydrogen-bond acceptors (Lipinski definition) is 3. The SMILES string of the molecule is COc1ccc(S[C@H](C)C(=O)NCCCc2cccc(C)c2)cc1. The topological polar surface area (TPSA) is 38.3 Å². The Hall–Kier alpha value is -1.94. The first-order valence-electron chi connectivity index (χ1n) is 8.22. The number of methoxy groups -OCH3 is 1. The summed E-state index contributed by atoms with van der Waals surface area (Å²) in [5, 5.41) is 2.91. The third-order valence-electron chi connectivity index (χ3n) is 3.77. The van der Waals surface area contributed by atoms with E-state index in [1.807, 2.05) is 31.2 Å². The van der Waals surface area contributed by atoms with E-state index in [-0.39, 0.29) is 11.2 Å². The van der Waals surface area contributed by atoms with Gasteiger partial charge in [-0.15, -0.1) is 11.8 Å². The molecule has 0 saturated heterocycles. The van der Waals surface area contributed by atoms with Gasteiger partial charge in [-0.2, -0.15) is 0 Å². The second kappa shape index (κ2) is 9.38. The van der Waals surface area contributed by atoms with Crippen LogP contribution in [0, 0.1) is 6.92 Å². The van der Waals surface area contributed by atoms with Crippen molar-refractivity contribution in [3.05, 3.63) is 59.7 Å². The summed E-state index contributed by atoms with van der Waals surface area (Å²) < 4.78 is 5.14. The number of thioether (sulfide) groups is 1. The Morgan fingerprint density at radius 2 is 1.96 bits per heavy atom. The number of ether oxygens (including phenoxy) is 1. The van der Waals surface area contributed by atoms with Crippen LogP contribution < -0.4 is 10.1 Å². The molecule has 0 spiro atoms. The lowest BCUT2D eigenvalue weighted by molar-refractivity contribution is -0.120. The van der Waals surface area contributed by atoms with Crippen LogP contribution in [0.15, 0.2) is 53.4 Å². The number of rotatable bonds is 8. The zero-order valence-corrected chi connectivity index (χ0v) is 15.4. The highest BCUT2D eigenvalue weighted by atomic mass is 32.2. The number of hydrogen-bond donors (Lipinski definition) is 1. The maximum Gasteiger partial charge on any atom is 0.233 e. The molecule has 2 aromatic carbocycles. The fraction of sp³-hybridized carbons (Fsp3) is 0.350. The van der Waals surface area contributed by atoms with Crippen molar-refractivity contribution in [3.8, 4) is 5.75 Å². The average Bonchev–Trinajstić information content (AvgIpc) is 2.59. The highest BCUT2D eigenvalue weighted by Crippen LogP contribution is 2.25. The highest BCUT2D eigenvalue weighted by Gasteiger charge is 2.13. The largest absolute Gasteiger partial charge is 0.497 e. The van der Waals surface area contributed by atoms with Gasteiger partial charge in [0.2, 0.25) is 5.91 Å². The molecule has 2 aromatic rings. The van der Waals surface area contributed by atoms with Gasteiger partial charge in [-0.25, -0.2) is 0 Å². The Morgan fingerprint density at radius 1 is 1.21 bits per heavy atom. The molecule has 0 fully saturated rings. The lowest BCUT2D eigenvalue weighted by atomic mass is 10.1. The molecule has 0 saturated carbocycles. The smallest absolute Gasteiger partial charge is 0.233 e. The first kappa shape index (κ1) is 18.4. The third kappa shape index (κ3) is 5.93. The number of amides is 1. The van der Waals surface area contributed by atoms with Crippen molar-refractivity contribution in [3.63, 3.8) is 0 Å². The van der Waals surface area contributed by atoms with E-state index in [0.29, 0.717) is 6.54 Å². The zero-order valence-electron chi connectivity index (χ0n) is 14.5. The third-order valence-corrected chi connectivity index (χ3v) is 4.88. The fourth-order valence-corrected chi connectivity index (χ4v) is 3.32. The minimum absolute atomic E-state index is 0.0834. The van der Waals surface area contributed by atoms with Crippen LogP contribution in [-0.4, -0.2) is 24.8 Å². The molecular weight excluding hydrogens is 318 g/mol. The van der Waals surface area contributed by atoms with Crippen molar-refractivity contribution in [1.29, 1.82) is 0 Å². The van der Waals surface area contributed by atoms with Crippen LogP contribution in [0.5, 0.6) is 5.75 Å². The maximum absolute atomic E-state index is 12.2. The molecule has 0 unspecified atom stereocenters. The van der Waals surface area contributed by atoms with Crippen LogP contribution >= 0.6 is 11.8 Å². The van der Waals surface area contributed by atoms with Crippen molar-refractivity contribution >= 4 is 17.7 Å². The molecule has 128 valence electrons. The van der Waals surface area contributed by atoms with Gasteiger partial charge in [-0.1, -0.05) is 29.8 Å². The highest BCUT2D eigenvalue weighted by molar-refractivity contribution is 8.00. The van der Waals surface area contributed by atoms with Crippen molar-refractivity contribution in [1.82, 2.24) is 5.32 Å². The normalized spacial score (nSPS) is 11.8. The Kier molecular flexibility index (Phi) is 7.19. The molecule has 0 aliphatic rings. The molecule has 0 bridgehead atoms. The van der Waals surface area contributed by atoms with Crippen LogP contribution in [0.3, 0.4) is 0 Å². The van der Waals surface area contributed by atoms with Crippen molar-refractivity contribution < 1.29 is 9.53 Å². The number of carbonyl (C=O) groups excluding carboxylic acids is 1. The molecule has 0 aliphatic heterocycles. The first-order chi connectivity index (χ1) is 11.6. The summed E-state index contributed by atoms with van der Waals surface area (Å²) in [5.41, 5.74) is 2.60. The summed E-state index contributed by atoms with van der Waals surface area (Å²) >= 11 is 1.56. The van der Waals surface area contributed by atoms with Crippen LogP contribution in [-0.2, 0) is 11.2 Å². The second-order valence-electron chi connectivity index (χ2n) is 5.82. The molecule has 0 heterocycles. The van der Waals surface area contributed by atoms with E-state index in [4.69, 9.17) is 4.74 Å². The van der Waals surface area contributed by atoms with Crippen LogP contribution in [0.1, 0.15) is 24.5 Å². The van der Waals surface area contributed by atoms with E-state index in [9.17, 15) is 4.79 Å². The Labute approximate surface area is 148 Å². The molecule has 3 nitrogen and oxygen atoms in total. The zero-order chi connectivity index (χ0) is 17.4. The number of nitrogens with one attached hydrogen (secondary N) is 1. The van der Waals surface area contributed by atoms with Crippen LogP contribution in [0.2, 0.25) is 0 Å². The monoisotopic (exact) mass is 343 g/mol. The Bertz CT molecular complexity index is 655. The van der Waals surface area contributed by atoms with Gasteiger partial charge in [-0.05, 0) is 56.5 Å². The van der Waals surface area contributed by atoms with E-state index in [1.165, 1.54) is 11.1 Å². The number of carbonyl (C=O) groups is 1. The minimum atomic E-state index is -0.114. The van der Waals surface area contributed by atoms with E-state index in [0.717, 1.165) is 23.5 Å². The van der Waals surface area contributed by atoms with Gasteiger partial charge >= 0.3 is 0 Å². The van der Waals surface area contributed by atoms with E-state index < -0.39 is 0 Å². The molecule has 1 amide bonds. The molecule has 0 radical (unpaired) electrons. The number of aryl methyl sites for hydroxylation is 2. The van der Waals surface area contributed by atoms with Gasteiger partial charge in [0.25, 0.3) is 0 Å². The molecule has 1 atom stereocenters. The molecule has 0 aromatic heterocycles. The molecule has 2 rings (SSSR count). The van der Waals surface area contributed by atoms with Gasteiger partial charge in [0.1, 0.15) is 5.75 Å². The lowest BCUT2D eigenvalue weighted by Crippen LogP contribution is -2.31. The summed E-state index contributed by atoms with van der Waals surface area (Å²) in [6, 6.07) is 16.3. The minimum Gasteiger partial charge on any atom is -0.497 e. The van der Waals surface area contributed by atoms with Crippen molar-refractivity contribution in [2.75, 3.05) is 13.7 Å². The first-order valence-corrected chi connectivity index (χ1v) is 9.10. The summed E-state index contributed by atoms with van der Waals surface area (Å²) in [6.45, 7) is 4.74. The van der Waals surface area contributed by atoms with E-state index in [2.05, 4.69) is 36.5 Å². The van der Waals surface area contributed by atoms with Crippen molar-refractivity contribution in [2.45, 2.75) is 36.8 Å². The molecule has 24 heavy (non-hydrogen) atoms. The lowest BCUT2D eigenvalue weighted by Gasteiger charge is -2.12. The molecular formula is C20H25NO2S.